The molecule has 1 rings (SSSR count). The van der Waals surface area contributed by atoms with Gasteiger partial charge in [-0.1, -0.05) is 32.2 Å². The molecule has 0 spiro atoms. The van der Waals surface area contributed by atoms with Crippen LogP contribution in [0.3, 0.4) is 0 Å². The maximum atomic E-state index is 4.13. The number of aromatic nitrogens is 2. The molecule has 0 N–H and O–H groups in total. The third kappa shape index (κ3) is 3.66. The van der Waals surface area contributed by atoms with Gasteiger partial charge in [-0.3, -0.25) is 0 Å². The van der Waals surface area contributed by atoms with Crippen LogP contribution in [0.1, 0.15) is 45.1 Å². The summed E-state index contributed by atoms with van der Waals surface area (Å²) in [5.74, 6) is 0. The lowest BCUT2D eigenvalue weighted by Crippen LogP contribution is -2.07. The molecule has 0 aliphatic heterocycles. The third-order valence-electron chi connectivity index (χ3n) is 2.73. The van der Waals surface area contributed by atoms with Gasteiger partial charge in [-0.15, -0.1) is 0 Å². The van der Waals surface area contributed by atoms with E-state index in [-0.39, 0.29) is 0 Å². The number of nitrogens with zero attached hydrogens (tertiary/aromatic N) is 2. The van der Waals surface area contributed by atoms with E-state index in [1.54, 1.807) is 0 Å². The number of unbranched alkanes of at least 4 members (excludes halogenated alkanes) is 1. The Kier molecular flexibility index (Phi) is 5.60. The van der Waals surface area contributed by atoms with Crippen LogP contribution in [-0.4, -0.2) is 19.8 Å². The summed E-state index contributed by atoms with van der Waals surface area (Å²) in [7, 11) is 1.34. The summed E-state index contributed by atoms with van der Waals surface area (Å²) >= 11 is 0. The third-order valence-corrected chi connectivity index (χ3v) is 3.44. The van der Waals surface area contributed by atoms with Gasteiger partial charge >= 0.3 is 0 Å². The molecular weight excluding hydrogens is 188 g/mol. The van der Waals surface area contributed by atoms with Gasteiger partial charge < -0.3 is 4.57 Å². The highest BCUT2D eigenvalue weighted by Crippen LogP contribution is 2.20. The molecule has 0 fully saturated rings. The van der Waals surface area contributed by atoms with Gasteiger partial charge in [0.05, 0.1) is 6.33 Å². The molecule has 1 atom stereocenters. The van der Waals surface area contributed by atoms with Crippen molar-refractivity contribution in [1.29, 1.82) is 0 Å². The molecule has 0 bridgehead atoms. The van der Waals surface area contributed by atoms with Gasteiger partial charge in [0.1, 0.15) is 0 Å². The van der Waals surface area contributed by atoms with Crippen LogP contribution in [-0.2, 0) is 0 Å². The van der Waals surface area contributed by atoms with E-state index in [0.717, 1.165) is 0 Å². The molecular formula is C11H22N2Si. The van der Waals surface area contributed by atoms with Crippen molar-refractivity contribution in [2.45, 2.75) is 51.1 Å². The molecule has 1 heterocycles. The van der Waals surface area contributed by atoms with Crippen LogP contribution in [0.2, 0.25) is 6.04 Å². The fraction of sp³-hybridized carbons (Fsp3) is 0.727. The Labute approximate surface area is 90.2 Å². The highest BCUT2D eigenvalue weighted by atomic mass is 28.1. The van der Waals surface area contributed by atoms with Crippen LogP contribution >= 0.6 is 0 Å². The summed E-state index contributed by atoms with van der Waals surface area (Å²) in [4.78, 5) is 4.13. The van der Waals surface area contributed by atoms with E-state index in [4.69, 9.17) is 0 Å². The van der Waals surface area contributed by atoms with Crippen LogP contribution < -0.4 is 0 Å². The Balaban J connectivity index is 2.44. The molecule has 0 amide bonds. The molecule has 1 unspecified atom stereocenters. The molecule has 0 aliphatic rings. The van der Waals surface area contributed by atoms with Gasteiger partial charge in [0.15, 0.2) is 0 Å². The molecule has 2 nitrogen and oxygen atoms in total. The quantitative estimate of drug-likeness (QED) is 0.631. The molecule has 0 aliphatic carbocycles. The first-order valence-electron chi connectivity index (χ1n) is 5.86. The first-order chi connectivity index (χ1) is 6.88. The zero-order chi connectivity index (χ0) is 10.2. The zero-order valence-electron chi connectivity index (χ0n) is 9.45. The molecule has 14 heavy (non-hydrogen) atoms. The van der Waals surface area contributed by atoms with Gasteiger partial charge in [0, 0.05) is 28.7 Å². The first kappa shape index (κ1) is 11.5. The fourth-order valence-electron chi connectivity index (χ4n) is 1.81. The topological polar surface area (TPSA) is 17.8 Å². The van der Waals surface area contributed by atoms with Crippen molar-refractivity contribution in [3.63, 3.8) is 0 Å². The monoisotopic (exact) mass is 210 g/mol. The van der Waals surface area contributed by atoms with E-state index >= 15 is 0 Å². The van der Waals surface area contributed by atoms with Crippen molar-refractivity contribution in [2.75, 3.05) is 0 Å². The van der Waals surface area contributed by atoms with Crippen molar-refractivity contribution in [1.82, 2.24) is 9.55 Å². The number of hydrogen-bond donors (Lipinski definition) is 0. The smallest absolute Gasteiger partial charge is 0.0948 e. The lowest BCUT2D eigenvalue weighted by molar-refractivity contribution is 0.417. The average molecular weight is 210 g/mol. The van der Waals surface area contributed by atoms with Gasteiger partial charge in [0.2, 0.25) is 0 Å². The summed E-state index contributed by atoms with van der Waals surface area (Å²) < 4.78 is 2.28. The number of imidazole rings is 1. The number of rotatable bonds is 7. The Morgan fingerprint density at radius 2 is 2.14 bits per heavy atom. The lowest BCUT2D eigenvalue weighted by atomic mass is 10.1. The SMILES string of the molecule is CCCCC(CCC[SiH3])n1ccnc1. The van der Waals surface area contributed by atoms with E-state index in [1.165, 1.54) is 48.4 Å². The van der Waals surface area contributed by atoms with E-state index in [0.29, 0.717) is 6.04 Å². The van der Waals surface area contributed by atoms with Gasteiger partial charge in [-0.25, -0.2) is 4.98 Å². The van der Waals surface area contributed by atoms with Crippen LogP contribution in [0.5, 0.6) is 0 Å². The Bertz CT molecular complexity index is 213. The highest BCUT2D eigenvalue weighted by molar-refractivity contribution is 6.08. The van der Waals surface area contributed by atoms with Gasteiger partial charge in [-0.05, 0) is 12.8 Å². The number of hydrogen-bond acceptors (Lipinski definition) is 1. The van der Waals surface area contributed by atoms with Gasteiger partial charge in [0.25, 0.3) is 0 Å². The highest BCUT2D eigenvalue weighted by Gasteiger charge is 2.08. The molecule has 3 heteroatoms. The van der Waals surface area contributed by atoms with Crippen LogP contribution in [0.15, 0.2) is 18.7 Å². The summed E-state index contributed by atoms with van der Waals surface area (Å²) in [5, 5.41) is 0. The standard InChI is InChI=1S/C11H22N2Si/c1-2-3-5-11(6-4-9-14)13-8-7-12-10-13/h7-8,10-11H,2-6,9H2,1,14H3. The van der Waals surface area contributed by atoms with Crippen LogP contribution in [0.4, 0.5) is 0 Å². The summed E-state index contributed by atoms with van der Waals surface area (Å²) in [5.41, 5.74) is 0. The van der Waals surface area contributed by atoms with E-state index in [9.17, 15) is 0 Å². The van der Waals surface area contributed by atoms with Gasteiger partial charge in [-0.2, -0.15) is 0 Å². The predicted molar refractivity (Wildman–Crippen MR) is 64.8 cm³/mol. The van der Waals surface area contributed by atoms with Crippen molar-refractivity contribution < 1.29 is 0 Å². The average Bonchev–Trinajstić information content (AvgIpc) is 2.71. The fourth-order valence-corrected chi connectivity index (χ4v) is 2.22. The molecule has 0 saturated heterocycles. The molecule has 80 valence electrons. The van der Waals surface area contributed by atoms with E-state index in [2.05, 4.69) is 22.7 Å². The van der Waals surface area contributed by atoms with Crippen molar-refractivity contribution in [2.24, 2.45) is 0 Å². The van der Waals surface area contributed by atoms with Crippen LogP contribution in [0.25, 0.3) is 0 Å². The molecule has 0 aromatic carbocycles. The van der Waals surface area contributed by atoms with Crippen molar-refractivity contribution in [3.8, 4) is 0 Å². The van der Waals surface area contributed by atoms with Crippen molar-refractivity contribution >= 4 is 10.2 Å². The second kappa shape index (κ2) is 6.82. The second-order valence-corrected chi connectivity index (χ2v) is 4.95. The van der Waals surface area contributed by atoms with E-state index in [1.807, 2.05) is 12.5 Å². The molecule has 0 radical (unpaired) electrons. The maximum Gasteiger partial charge on any atom is 0.0948 e. The largest absolute Gasteiger partial charge is 0.334 e. The zero-order valence-corrected chi connectivity index (χ0v) is 11.4. The Morgan fingerprint density at radius 1 is 1.36 bits per heavy atom. The molecule has 0 saturated carbocycles. The molecule has 1 aromatic rings. The van der Waals surface area contributed by atoms with Crippen molar-refractivity contribution in [3.05, 3.63) is 18.7 Å². The predicted octanol–water partition coefficient (Wildman–Crippen LogP) is 2.18. The lowest BCUT2D eigenvalue weighted by Gasteiger charge is -2.17. The molecule has 1 aromatic heterocycles. The second-order valence-electron chi connectivity index (χ2n) is 3.95. The summed E-state index contributed by atoms with van der Waals surface area (Å²) in [6.07, 6.45) is 12.6. The minimum atomic E-state index is 0.700. The minimum absolute atomic E-state index is 0.700. The Morgan fingerprint density at radius 3 is 2.71 bits per heavy atom. The minimum Gasteiger partial charge on any atom is -0.334 e. The normalized spacial score (nSPS) is 13.2. The summed E-state index contributed by atoms with van der Waals surface area (Å²) in [6, 6.07) is 2.13. The first-order valence-corrected chi connectivity index (χ1v) is 7.27. The maximum absolute atomic E-state index is 4.13. The Hall–Kier alpha value is -0.573. The van der Waals surface area contributed by atoms with E-state index < -0.39 is 0 Å². The van der Waals surface area contributed by atoms with Crippen LogP contribution in [0, 0.1) is 0 Å². The summed E-state index contributed by atoms with van der Waals surface area (Å²) in [6.45, 7) is 2.26.